The first-order chi connectivity index (χ1) is 17.9. The van der Waals surface area contributed by atoms with Crippen molar-refractivity contribution in [3.05, 3.63) is 112 Å². The summed E-state index contributed by atoms with van der Waals surface area (Å²) in [5, 5.41) is 24.8. The summed E-state index contributed by atoms with van der Waals surface area (Å²) in [4.78, 5) is 35.4. The zero-order valence-corrected chi connectivity index (χ0v) is 19.8. The number of hydrogen-bond donors (Lipinski definition) is 2. The molecule has 0 aromatic heterocycles. The van der Waals surface area contributed by atoms with E-state index in [1.54, 1.807) is 30.3 Å². The molecule has 0 aliphatic heterocycles. The highest BCUT2D eigenvalue weighted by molar-refractivity contribution is 5.93. The maximum absolute atomic E-state index is 12.5. The lowest BCUT2D eigenvalue weighted by atomic mass is 9.94. The van der Waals surface area contributed by atoms with Crippen molar-refractivity contribution >= 4 is 28.5 Å². The summed E-state index contributed by atoms with van der Waals surface area (Å²) in [6.45, 7) is -0.0120. The molecule has 0 radical (unpaired) electrons. The van der Waals surface area contributed by atoms with Crippen molar-refractivity contribution in [1.29, 1.82) is 0 Å². The van der Waals surface area contributed by atoms with Crippen LogP contribution in [0.1, 0.15) is 22.6 Å². The molecule has 37 heavy (non-hydrogen) atoms. The van der Waals surface area contributed by atoms with Crippen molar-refractivity contribution in [1.82, 2.24) is 5.32 Å². The zero-order chi connectivity index (χ0) is 25.9. The number of fused-ring (bicyclic) bond motifs is 4. The number of carbonyl (C=O) groups excluding carboxylic acids is 1. The Bertz CT molecular complexity index is 1470. The molecule has 0 saturated heterocycles. The lowest BCUT2D eigenvalue weighted by Gasteiger charge is -2.17. The summed E-state index contributed by atoms with van der Waals surface area (Å²) in [7, 11) is 0. The Morgan fingerprint density at radius 3 is 2.11 bits per heavy atom. The normalized spacial score (nSPS) is 13.0. The van der Waals surface area contributed by atoms with Crippen molar-refractivity contribution in [2.45, 2.75) is 12.3 Å². The van der Waals surface area contributed by atoms with Gasteiger partial charge in [-0.3, -0.25) is 14.9 Å². The molecule has 8 heteroatoms. The molecule has 0 heterocycles. The number of carbonyl (C=O) groups is 2. The van der Waals surface area contributed by atoms with Gasteiger partial charge in [0.25, 0.3) is 5.69 Å². The van der Waals surface area contributed by atoms with E-state index in [0.717, 1.165) is 22.3 Å². The van der Waals surface area contributed by atoms with Gasteiger partial charge in [0, 0.05) is 18.5 Å². The third kappa shape index (κ3) is 4.73. The second-order valence-corrected chi connectivity index (χ2v) is 8.99. The Morgan fingerprint density at radius 2 is 1.49 bits per heavy atom. The molecule has 186 valence electrons. The molecular formula is C29H24N2O6. The van der Waals surface area contributed by atoms with Crippen LogP contribution < -0.4 is 5.32 Å². The number of ether oxygens (including phenoxy) is 1. The molecule has 1 aliphatic rings. The number of nitro benzene ring substituents is 1. The van der Waals surface area contributed by atoms with Gasteiger partial charge < -0.3 is 15.2 Å². The van der Waals surface area contributed by atoms with E-state index in [0.29, 0.717) is 16.3 Å². The minimum absolute atomic E-state index is 0.0389. The Balaban J connectivity index is 1.25. The monoisotopic (exact) mass is 496 g/mol. The summed E-state index contributed by atoms with van der Waals surface area (Å²) < 4.78 is 5.51. The standard InChI is InChI=1S/C29H24N2O6/c32-28(33)19(15-18-13-14-27(31(35)36)25-12-6-1-7-20(18)25)16-30-29(34)37-17-26-23-10-4-2-8-21(23)22-9-3-5-11-24(22)26/h1-14,19,26H,15-17H2,(H,30,34)(H,32,33)/t19-/m1/s1. The molecule has 0 spiro atoms. The van der Waals surface area contributed by atoms with Crippen molar-refractivity contribution in [2.24, 2.45) is 5.92 Å². The fourth-order valence-electron chi connectivity index (χ4n) is 5.05. The maximum Gasteiger partial charge on any atom is 0.407 e. The largest absolute Gasteiger partial charge is 0.481 e. The van der Waals surface area contributed by atoms with Crippen LogP contribution in [0.3, 0.4) is 0 Å². The van der Waals surface area contributed by atoms with Gasteiger partial charge in [-0.05, 0) is 45.7 Å². The quantitative estimate of drug-likeness (QED) is 0.245. The van der Waals surface area contributed by atoms with Crippen LogP contribution in [-0.4, -0.2) is 35.2 Å². The van der Waals surface area contributed by atoms with Crippen LogP contribution in [0, 0.1) is 16.0 Å². The Labute approximate surface area is 212 Å². The van der Waals surface area contributed by atoms with Crippen LogP contribution in [0.5, 0.6) is 0 Å². The number of non-ortho nitro benzene ring substituents is 1. The van der Waals surface area contributed by atoms with E-state index in [1.807, 2.05) is 48.5 Å². The van der Waals surface area contributed by atoms with Crippen LogP contribution in [0.2, 0.25) is 0 Å². The molecule has 1 aliphatic carbocycles. The number of nitrogens with one attached hydrogen (secondary N) is 1. The first-order valence-corrected chi connectivity index (χ1v) is 11.9. The lowest BCUT2D eigenvalue weighted by molar-refractivity contribution is -0.383. The van der Waals surface area contributed by atoms with Crippen molar-refractivity contribution in [3.8, 4) is 11.1 Å². The Hall–Kier alpha value is -4.72. The molecule has 0 unspecified atom stereocenters. The van der Waals surface area contributed by atoms with E-state index in [2.05, 4.69) is 5.32 Å². The number of amides is 1. The third-order valence-electron chi connectivity index (χ3n) is 6.84. The third-order valence-corrected chi connectivity index (χ3v) is 6.84. The molecule has 0 bridgehead atoms. The highest BCUT2D eigenvalue weighted by atomic mass is 16.6. The van der Waals surface area contributed by atoms with Gasteiger partial charge in [0.1, 0.15) is 6.61 Å². The molecule has 1 amide bonds. The minimum Gasteiger partial charge on any atom is -0.481 e. The van der Waals surface area contributed by atoms with E-state index in [9.17, 15) is 24.8 Å². The summed E-state index contributed by atoms with van der Waals surface area (Å²) in [5.41, 5.74) is 5.03. The highest BCUT2D eigenvalue weighted by Gasteiger charge is 2.29. The van der Waals surface area contributed by atoms with E-state index >= 15 is 0 Å². The molecule has 8 nitrogen and oxygen atoms in total. The SMILES string of the molecule is O=C(NC[C@@H](Cc1ccc([N+](=O)[O-])c2ccccc12)C(=O)O)OCC1c2ccccc2-c2ccccc21. The van der Waals surface area contributed by atoms with Crippen molar-refractivity contribution in [3.63, 3.8) is 0 Å². The number of hydrogen-bond acceptors (Lipinski definition) is 5. The molecule has 4 aromatic carbocycles. The highest BCUT2D eigenvalue weighted by Crippen LogP contribution is 2.44. The fourth-order valence-corrected chi connectivity index (χ4v) is 5.05. The van der Waals surface area contributed by atoms with E-state index < -0.39 is 22.9 Å². The van der Waals surface area contributed by atoms with Gasteiger partial charge in [-0.25, -0.2) is 4.79 Å². The summed E-state index contributed by atoms with van der Waals surface area (Å²) >= 11 is 0. The second kappa shape index (κ2) is 10.1. The smallest absolute Gasteiger partial charge is 0.407 e. The number of benzene rings is 4. The molecular weight excluding hydrogens is 472 g/mol. The predicted octanol–water partition coefficient (Wildman–Crippen LogP) is 5.53. The number of carboxylic acids is 1. The van der Waals surface area contributed by atoms with Gasteiger partial charge in [0.15, 0.2) is 0 Å². The number of carboxylic acid groups (broad SMARTS) is 1. The predicted molar refractivity (Wildman–Crippen MR) is 139 cm³/mol. The first kappa shape index (κ1) is 24.0. The number of nitro groups is 1. The van der Waals surface area contributed by atoms with Gasteiger partial charge in [-0.1, -0.05) is 72.8 Å². The Kier molecular flexibility index (Phi) is 6.55. The molecule has 0 fully saturated rings. The zero-order valence-electron chi connectivity index (χ0n) is 19.8. The van der Waals surface area contributed by atoms with Gasteiger partial charge in [-0.2, -0.15) is 0 Å². The van der Waals surface area contributed by atoms with Crippen molar-refractivity contribution < 1.29 is 24.4 Å². The van der Waals surface area contributed by atoms with Crippen LogP contribution >= 0.6 is 0 Å². The Morgan fingerprint density at radius 1 is 0.892 bits per heavy atom. The molecule has 0 saturated carbocycles. The number of aliphatic carboxylic acids is 1. The minimum atomic E-state index is -1.08. The van der Waals surface area contributed by atoms with Crippen LogP contribution in [-0.2, 0) is 16.0 Å². The fraction of sp³-hybridized carbons (Fsp3) is 0.172. The van der Waals surface area contributed by atoms with Crippen LogP contribution in [0.25, 0.3) is 21.9 Å². The van der Waals surface area contributed by atoms with Crippen molar-refractivity contribution in [2.75, 3.05) is 13.2 Å². The van der Waals surface area contributed by atoms with E-state index in [4.69, 9.17) is 4.74 Å². The van der Waals surface area contributed by atoms with Gasteiger partial charge in [0.2, 0.25) is 0 Å². The maximum atomic E-state index is 12.5. The van der Waals surface area contributed by atoms with E-state index in [-0.39, 0.29) is 31.2 Å². The molecule has 1 atom stereocenters. The number of alkyl carbamates (subject to hydrolysis) is 1. The molecule has 5 rings (SSSR count). The lowest BCUT2D eigenvalue weighted by Crippen LogP contribution is -2.35. The number of rotatable bonds is 8. The molecule has 2 N–H and O–H groups in total. The van der Waals surface area contributed by atoms with Crippen LogP contribution in [0.4, 0.5) is 10.5 Å². The number of nitrogens with zero attached hydrogens (tertiary/aromatic N) is 1. The van der Waals surface area contributed by atoms with Gasteiger partial charge >= 0.3 is 12.1 Å². The summed E-state index contributed by atoms with van der Waals surface area (Å²) in [6.07, 6.45) is -0.598. The van der Waals surface area contributed by atoms with Crippen LogP contribution in [0.15, 0.2) is 84.9 Å². The topological polar surface area (TPSA) is 119 Å². The summed E-state index contributed by atoms with van der Waals surface area (Å²) in [5.74, 6) is -2.12. The molecule has 4 aromatic rings. The summed E-state index contributed by atoms with van der Waals surface area (Å²) in [6, 6.07) is 25.8. The second-order valence-electron chi connectivity index (χ2n) is 8.99. The first-order valence-electron chi connectivity index (χ1n) is 11.9. The van der Waals surface area contributed by atoms with E-state index in [1.165, 1.54) is 6.07 Å². The van der Waals surface area contributed by atoms with Gasteiger partial charge in [-0.15, -0.1) is 0 Å². The average molecular weight is 497 g/mol. The average Bonchev–Trinajstić information content (AvgIpc) is 3.23. The van der Waals surface area contributed by atoms with Gasteiger partial charge in [0.05, 0.1) is 16.2 Å².